The Labute approximate surface area is 206 Å². The monoisotopic (exact) mass is 492 g/mol. The standard InChI is InChI=1S/C24H24N6O4S/c31-30(32)22-23(28-12-9-19(10-13-28)35-20-8-4-5-11-25-20)26-16-27-24(22)29(21-15-33-17-34-21)14-18-6-2-1-3-7-18/h1-8,11,15-16,19H,9-10,12-14,17H2. The van der Waals surface area contributed by atoms with E-state index in [0.29, 0.717) is 36.6 Å². The maximum Gasteiger partial charge on any atom is 0.354 e. The molecule has 0 bridgehead atoms. The number of rotatable bonds is 8. The predicted molar refractivity (Wildman–Crippen MR) is 132 cm³/mol. The normalized spacial score (nSPS) is 15.8. The molecule has 0 saturated carbocycles. The maximum absolute atomic E-state index is 12.3. The van der Waals surface area contributed by atoms with Gasteiger partial charge in [-0.2, -0.15) is 0 Å². The molecule has 11 heteroatoms. The van der Waals surface area contributed by atoms with Gasteiger partial charge in [0.05, 0.1) is 16.5 Å². The number of benzene rings is 1. The summed E-state index contributed by atoms with van der Waals surface area (Å²) in [7, 11) is 0. The zero-order valence-electron chi connectivity index (χ0n) is 18.9. The Bertz CT molecular complexity index is 1190. The van der Waals surface area contributed by atoms with Crippen molar-refractivity contribution in [1.29, 1.82) is 0 Å². The Morgan fingerprint density at radius 3 is 2.57 bits per heavy atom. The van der Waals surface area contributed by atoms with Gasteiger partial charge in [-0.15, -0.1) is 11.8 Å². The molecule has 0 amide bonds. The fourth-order valence-electron chi connectivity index (χ4n) is 4.12. The lowest BCUT2D eigenvalue weighted by Gasteiger charge is -2.32. The van der Waals surface area contributed by atoms with Crippen molar-refractivity contribution < 1.29 is 14.4 Å². The number of nitro groups is 1. The number of thioether (sulfide) groups is 1. The van der Waals surface area contributed by atoms with E-state index in [1.54, 1.807) is 22.9 Å². The fourth-order valence-corrected chi connectivity index (χ4v) is 5.19. The topological polar surface area (TPSA) is 107 Å². The van der Waals surface area contributed by atoms with Crippen molar-refractivity contribution in [3.63, 3.8) is 0 Å². The van der Waals surface area contributed by atoms with E-state index in [9.17, 15) is 10.1 Å². The number of ether oxygens (including phenoxy) is 2. The summed E-state index contributed by atoms with van der Waals surface area (Å²) in [5.74, 6) is 0.858. The molecular weight excluding hydrogens is 468 g/mol. The van der Waals surface area contributed by atoms with Gasteiger partial charge in [-0.25, -0.2) is 15.0 Å². The average Bonchev–Trinajstić information content (AvgIpc) is 3.43. The van der Waals surface area contributed by atoms with Crippen molar-refractivity contribution in [2.75, 3.05) is 29.7 Å². The van der Waals surface area contributed by atoms with Crippen molar-refractivity contribution in [1.82, 2.24) is 15.0 Å². The first kappa shape index (κ1) is 22.9. The van der Waals surface area contributed by atoms with E-state index in [-0.39, 0.29) is 18.3 Å². The number of hydrogen-bond acceptors (Lipinski definition) is 10. The second-order valence-corrected chi connectivity index (χ2v) is 9.38. The van der Waals surface area contributed by atoms with Crippen molar-refractivity contribution in [2.45, 2.75) is 29.7 Å². The van der Waals surface area contributed by atoms with Crippen LogP contribution in [-0.2, 0) is 16.0 Å². The molecule has 35 heavy (non-hydrogen) atoms. The Morgan fingerprint density at radius 2 is 1.89 bits per heavy atom. The Kier molecular flexibility index (Phi) is 6.94. The molecule has 0 atom stereocenters. The third-order valence-electron chi connectivity index (χ3n) is 5.80. The SMILES string of the molecule is O=[N+]([O-])c1c(N2CCC(Sc3ccccn3)CC2)ncnc1N(Cc1ccccc1)C1=COCO1. The van der Waals surface area contributed by atoms with E-state index >= 15 is 0 Å². The first-order chi connectivity index (χ1) is 17.2. The second kappa shape index (κ2) is 10.6. The van der Waals surface area contributed by atoms with Gasteiger partial charge < -0.3 is 14.4 Å². The number of aromatic nitrogens is 3. The molecule has 2 aromatic heterocycles. The molecule has 0 aliphatic carbocycles. The summed E-state index contributed by atoms with van der Waals surface area (Å²) in [5, 5.41) is 13.7. The highest BCUT2D eigenvalue weighted by Crippen LogP contribution is 2.39. The summed E-state index contributed by atoms with van der Waals surface area (Å²) in [6.07, 6.45) is 6.36. The molecule has 10 nitrogen and oxygen atoms in total. The summed E-state index contributed by atoms with van der Waals surface area (Å²) in [4.78, 5) is 28.6. The Hall–Kier alpha value is -3.86. The third kappa shape index (κ3) is 5.29. The van der Waals surface area contributed by atoms with E-state index in [0.717, 1.165) is 23.4 Å². The predicted octanol–water partition coefficient (Wildman–Crippen LogP) is 4.35. The largest absolute Gasteiger partial charge is 0.459 e. The Balaban J connectivity index is 1.41. The Morgan fingerprint density at radius 1 is 1.09 bits per heavy atom. The maximum atomic E-state index is 12.3. The first-order valence-electron chi connectivity index (χ1n) is 11.3. The van der Waals surface area contributed by atoms with Crippen molar-refractivity contribution in [2.24, 2.45) is 0 Å². The summed E-state index contributed by atoms with van der Waals surface area (Å²) in [6, 6.07) is 15.5. The zero-order chi connectivity index (χ0) is 24.0. The van der Waals surface area contributed by atoms with Crippen LogP contribution in [-0.4, -0.2) is 45.0 Å². The quantitative estimate of drug-likeness (QED) is 0.333. The van der Waals surface area contributed by atoms with E-state index in [1.807, 2.05) is 53.4 Å². The first-order valence-corrected chi connectivity index (χ1v) is 12.1. The molecule has 2 aliphatic rings. The highest BCUT2D eigenvalue weighted by atomic mass is 32.2. The van der Waals surface area contributed by atoms with Crippen LogP contribution in [0.2, 0.25) is 0 Å². The van der Waals surface area contributed by atoms with E-state index in [4.69, 9.17) is 9.47 Å². The molecule has 1 aromatic carbocycles. The molecule has 1 fully saturated rings. The highest BCUT2D eigenvalue weighted by Gasteiger charge is 2.34. The van der Waals surface area contributed by atoms with E-state index in [1.165, 1.54) is 12.6 Å². The van der Waals surface area contributed by atoms with Crippen molar-refractivity contribution >= 4 is 29.1 Å². The van der Waals surface area contributed by atoms with Gasteiger partial charge in [0, 0.05) is 24.5 Å². The number of nitrogens with zero attached hydrogens (tertiary/aromatic N) is 6. The van der Waals surface area contributed by atoms with Gasteiger partial charge in [0.15, 0.2) is 0 Å². The van der Waals surface area contributed by atoms with Gasteiger partial charge in [0.1, 0.15) is 12.6 Å². The number of hydrogen-bond donors (Lipinski definition) is 0. The zero-order valence-corrected chi connectivity index (χ0v) is 19.7. The third-order valence-corrected chi connectivity index (χ3v) is 7.08. The number of pyridine rings is 1. The van der Waals surface area contributed by atoms with Crippen molar-refractivity contribution in [3.8, 4) is 0 Å². The summed E-state index contributed by atoms with van der Waals surface area (Å²) < 4.78 is 10.8. The molecule has 180 valence electrons. The highest BCUT2D eigenvalue weighted by molar-refractivity contribution is 7.99. The van der Waals surface area contributed by atoms with Crippen LogP contribution in [0.3, 0.4) is 0 Å². The van der Waals surface area contributed by atoms with Gasteiger partial charge in [-0.05, 0) is 30.5 Å². The number of piperidine rings is 1. The van der Waals surface area contributed by atoms with Crippen LogP contribution in [0.4, 0.5) is 17.3 Å². The minimum Gasteiger partial charge on any atom is -0.459 e. The lowest BCUT2D eigenvalue weighted by atomic mass is 10.1. The molecule has 5 rings (SSSR count). The van der Waals surface area contributed by atoms with Crippen LogP contribution in [0.5, 0.6) is 0 Å². The molecule has 0 unspecified atom stereocenters. The number of anilines is 2. The van der Waals surface area contributed by atoms with Crippen LogP contribution in [0.25, 0.3) is 0 Å². The average molecular weight is 493 g/mol. The molecule has 0 spiro atoms. The summed E-state index contributed by atoms with van der Waals surface area (Å²) >= 11 is 1.75. The van der Waals surface area contributed by atoms with Gasteiger partial charge >= 0.3 is 5.69 Å². The molecule has 0 N–H and O–H groups in total. The van der Waals surface area contributed by atoms with E-state index < -0.39 is 4.92 Å². The van der Waals surface area contributed by atoms with Crippen LogP contribution in [0.1, 0.15) is 18.4 Å². The van der Waals surface area contributed by atoms with Crippen LogP contribution in [0.15, 0.2) is 78.2 Å². The second-order valence-electron chi connectivity index (χ2n) is 8.06. The molecular formula is C24H24N6O4S. The fraction of sp³-hybridized carbons (Fsp3) is 0.292. The lowest BCUT2D eigenvalue weighted by molar-refractivity contribution is -0.383. The molecule has 1 saturated heterocycles. The van der Waals surface area contributed by atoms with E-state index in [2.05, 4.69) is 15.0 Å². The van der Waals surface area contributed by atoms with Crippen LogP contribution >= 0.6 is 11.8 Å². The molecule has 3 aromatic rings. The molecule has 2 aliphatic heterocycles. The summed E-state index contributed by atoms with van der Waals surface area (Å²) in [5.41, 5.74) is 0.807. The van der Waals surface area contributed by atoms with Gasteiger partial charge in [0.25, 0.3) is 0 Å². The van der Waals surface area contributed by atoms with Gasteiger partial charge in [0.2, 0.25) is 24.3 Å². The summed E-state index contributed by atoms with van der Waals surface area (Å²) in [6.45, 7) is 1.69. The smallest absolute Gasteiger partial charge is 0.354 e. The lowest BCUT2D eigenvalue weighted by Crippen LogP contribution is -2.36. The molecule has 0 radical (unpaired) electrons. The minimum atomic E-state index is -0.409. The molecule has 4 heterocycles. The van der Waals surface area contributed by atoms with Gasteiger partial charge in [-0.3, -0.25) is 15.0 Å². The van der Waals surface area contributed by atoms with Crippen LogP contribution < -0.4 is 9.80 Å². The van der Waals surface area contributed by atoms with Crippen molar-refractivity contribution in [3.05, 3.63) is 88.9 Å². The van der Waals surface area contributed by atoms with Gasteiger partial charge in [-0.1, -0.05) is 36.4 Å². The minimum absolute atomic E-state index is 0.0494. The van der Waals surface area contributed by atoms with Crippen LogP contribution in [0, 0.1) is 10.1 Å².